The lowest BCUT2D eigenvalue weighted by atomic mass is 9.92. The van der Waals surface area contributed by atoms with E-state index in [1.54, 1.807) is 0 Å². The van der Waals surface area contributed by atoms with Crippen LogP contribution in [-0.4, -0.2) is 20.7 Å². The van der Waals surface area contributed by atoms with Crippen LogP contribution in [0, 0.1) is 6.92 Å². The maximum atomic E-state index is 12.7. The maximum absolute atomic E-state index is 12.7. The molecule has 138 valence electrons. The summed E-state index contributed by atoms with van der Waals surface area (Å²) in [5.74, 6) is -0.108. The predicted octanol–water partition coefficient (Wildman–Crippen LogP) is 4.20. The molecule has 0 fully saturated rings. The lowest BCUT2D eigenvalue weighted by Gasteiger charge is -2.24. The van der Waals surface area contributed by atoms with E-state index in [0.29, 0.717) is 10.2 Å². The zero-order chi connectivity index (χ0) is 18.8. The van der Waals surface area contributed by atoms with Gasteiger partial charge in [0.15, 0.2) is 0 Å². The highest BCUT2D eigenvalue weighted by Crippen LogP contribution is 2.30. The van der Waals surface area contributed by atoms with Gasteiger partial charge in [0.05, 0.1) is 24.3 Å². The molecule has 0 bridgehead atoms. The molecule has 1 amide bonds. The number of aromatic nitrogens is 3. The number of hydrogen-bond donors (Lipinski definition) is 1. The van der Waals surface area contributed by atoms with E-state index in [-0.39, 0.29) is 11.9 Å². The number of nitrogens with zero attached hydrogens (tertiary/aromatic N) is 3. The Hall–Kier alpha value is -2.47. The van der Waals surface area contributed by atoms with Crippen molar-refractivity contribution in [3.63, 3.8) is 0 Å². The lowest BCUT2D eigenvalue weighted by Crippen LogP contribution is -2.31. The third-order valence-corrected chi connectivity index (χ3v) is 5.58. The molecule has 0 radical (unpaired) electrons. The molecule has 1 aliphatic rings. The van der Waals surface area contributed by atoms with Gasteiger partial charge in [0.25, 0.3) is 5.91 Å². The molecule has 6 heteroatoms. The van der Waals surface area contributed by atoms with Gasteiger partial charge in [0.2, 0.25) is 0 Å². The van der Waals surface area contributed by atoms with Gasteiger partial charge < -0.3 is 5.32 Å². The van der Waals surface area contributed by atoms with Crippen LogP contribution < -0.4 is 5.32 Å². The molecule has 2 heterocycles. The van der Waals surface area contributed by atoms with Crippen LogP contribution in [0.1, 0.15) is 51.8 Å². The molecule has 0 aliphatic heterocycles. The Morgan fingerprint density at radius 3 is 2.85 bits per heavy atom. The van der Waals surface area contributed by atoms with Crippen LogP contribution in [-0.2, 0) is 13.0 Å². The second kappa shape index (κ2) is 7.64. The van der Waals surface area contributed by atoms with E-state index in [4.69, 9.17) is 0 Å². The molecule has 1 aromatic carbocycles. The van der Waals surface area contributed by atoms with Crippen molar-refractivity contribution in [2.75, 3.05) is 0 Å². The van der Waals surface area contributed by atoms with E-state index in [0.717, 1.165) is 37.1 Å². The average Bonchev–Trinajstić information content (AvgIpc) is 3.06. The van der Waals surface area contributed by atoms with E-state index >= 15 is 0 Å². The van der Waals surface area contributed by atoms with E-state index in [9.17, 15) is 4.79 Å². The van der Waals surface area contributed by atoms with Gasteiger partial charge in [-0.1, -0.05) is 30.3 Å². The summed E-state index contributed by atoms with van der Waals surface area (Å²) in [5.41, 5.74) is 5.01. The molecule has 1 atom stereocenters. The second-order valence-corrected chi connectivity index (χ2v) is 7.65. The van der Waals surface area contributed by atoms with Crippen LogP contribution in [0.25, 0.3) is 0 Å². The van der Waals surface area contributed by atoms with Crippen LogP contribution in [0.2, 0.25) is 0 Å². The number of aryl methyl sites for hydroxylation is 1. The summed E-state index contributed by atoms with van der Waals surface area (Å²) in [5, 5.41) is 7.76. The number of carbonyl (C=O) groups excluding carboxylic acids is 1. The van der Waals surface area contributed by atoms with Crippen molar-refractivity contribution in [3.05, 3.63) is 81.3 Å². The molecule has 0 saturated carbocycles. The lowest BCUT2D eigenvalue weighted by molar-refractivity contribution is 0.0931. The van der Waals surface area contributed by atoms with Gasteiger partial charge in [0, 0.05) is 17.0 Å². The molecular formula is C21H21BrN4O. The summed E-state index contributed by atoms with van der Waals surface area (Å²) in [7, 11) is 0. The first kappa shape index (κ1) is 17.9. The van der Waals surface area contributed by atoms with Crippen molar-refractivity contribution in [3.8, 4) is 0 Å². The summed E-state index contributed by atoms with van der Waals surface area (Å²) in [6.07, 6.45) is 4.85. The van der Waals surface area contributed by atoms with Crippen molar-refractivity contribution in [1.82, 2.24) is 20.1 Å². The van der Waals surface area contributed by atoms with Gasteiger partial charge in [-0.15, -0.1) is 0 Å². The van der Waals surface area contributed by atoms with E-state index in [1.807, 2.05) is 43.5 Å². The van der Waals surface area contributed by atoms with Crippen molar-refractivity contribution >= 4 is 21.8 Å². The molecule has 1 aliphatic carbocycles. The number of nitrogens with one attached hydrogen (secondary N) is 1. The zero-order valence-electron chi connectivity index (χ0n) is 15.2. The van der Waals surface area contributed by atoms with Gasteiger partial charge in [-0.05, 0) is 59.8 Å². The van der Waals surface area contributed by atoms with Gasteiger partial charge in [-0.25, -0.2) is 4.98 Å². The highest BCUT2D eigenvalue weighted by molar-refractivity contribution is 9.10. The normalized spacial score (nSPS) is 16.0. The Balaban J connectivity index is 1.54. The third-order valence-electron chi connectivity index (χ3n) is 4.98. The van der Waals surface area contributed by atoms with Crippen LogP contribution in [0.4, 0.5) is 0 Å². The molecule has 5 nitrogen and oxygen atoms in total. The number of benzene rings is 1. The quantitative estimate of drug-likeness (QED) is 0.638. The molecule has 0 saturated heterocycles. The standard InChI is InChI=1S/C21H21BrN4O/c1-14-10-11-16(20(22)24-14)21(27)25-18-8-5-9-19-17(18)12-23-26(19)13-15-6-3-2-4-7-15/h2-4,6-7,10-12,18H,5,8-9,13H2,1H3,(H,25,27). The first-order chi connectivity index (χ1) is 13.1. The predicted molar refractivity (Wildman–Crippen MR) is 108 cm³/mol. The number of carbonyl (C=O) groups is 1. The Labute approximate surface area is 167 Å². The fourth-order valence-corrected chi connectivity index (χ4v) is 4.18. The molecule has 27 heavy (non-hydrogen) atoms. The average molecular weight is 425 g/mol. The molecule has 2 aromatic heterocycles. The fraction of sp³-hybridized carbons (Fsp3) is 0.286. The summed E-state index contributed by atoms with van der Waals surface area (Å²) in [4.78, 5) is 17.1. The first-order valence-corrected chi connectivity index (χ1v) is 9.93. The van der Waals surface area contributed by atoms with E-state index in [2.05, 4.69) is 48.1 Å². The van der Waals surface area contributed by atoms with Crippen LogP contribution >= 0.6 is 15.9 Å². The largest absolute Gasteiger partial charge is 0.345 e. The summed E-state index contributed by atoms with van der Waals surface area (Å²) in [6.45, 7) is 2.66. The van der Waals surface area contributed by atoms with Crippen molar-refractivity contribution in [1.29, 1.82) is 0 Å². The Morgan fingerprint density at radius 1 is 1.26 bits per heavy atom. The molecular weight excluding hydrogens is 404 g/mol. The maximum Gasteiger partial charge on any atom is 0.254 e. The molecule has 1 N–H and O–H groups in total. The van der Waals surface area contributed by atoms with Gasteiger partial charge in [0.1, 0.15) is 4.60 Å². The van der Waals surface area contributed by atoms with E-state index < -0.39 is 0 Å². The summed E-state index contributed by atoms with van der Waals surface area (Å²) >= 11 is 3.40. The number of halogens is 1. The van der Waals surface area contributed by atoms with Crippen molar-refractivity contribution in [2.24, 2.45) is 0 Å². The number of amides is 1. The Morgan fingerprint density at radius 2 is 2.07 bits per heavy atom. The van der Waals surface area contributed by atoms with Gasteiger partial charge >= 0.3 is 0 Å². The highest BCUT2D eigenvalue weighted by atomic mass is 79.9. The Kier molecular flexibility index (Phi) is 5.07. The zero-order valence-corrected chi connectivity index (χ0v) is 16.7. The van der Waals surface area contributed by atoms with Gasteiger partial charge in [-0.3, -0.25) is 9.48 Å². The monoisotopic (exact) mass is 424 g/mol. The second-order valence-electron chi connectivity index (χ2n) is 6.90. The SMILES string of the molecule is Cc1ccc(C(=O)NC2CCCc3c2cnn3Cc2ccccc2)c(Br)n1. The number of fused-ring (bicyclic) bond motifs is 1. The number of hydrogen-bond acceptors (Lipinski definition) is 3. The van der Waals surface area contributed by atoms with E-state index in [1.165, 1.54) is 11.3 Å². The fourth-order valence-electron chi connectivity index (χ4n) is 3.59. The molecule has 0 spiro atoms. The van der Waals surface area contributed by atoms with Crippen molar-refractivity contribution < 1.29 is 4.79 Å². The van der Waals surface area contributed by atoms with Crippen molar-refractivity contribution in [2.45, 2.75) is 38.8 Å². The first-order valence-electron chi connectivity index (χ1n) is 9.14. The highest BCUT2D eigenvalue weighted by Gasteiger charge is 2.26. The van der Waals surface area contributed by atoms with Crippen LogP contribution in [0.5, 0.6) is 0 Å². The molecule has 1 unspecified atom stereocenters. The smallest absolute Gasteiger partial charge is 0.254 e. The van der Waals surface area contributed by atoms with Crippen LogP contribution in [0.3, 0.4) is 0 Å². The number of rotatable bonds is 4. The number of pyridine rings is 1. The summed E-state index contributed by atoms with van der Waals surface area (Å²) < 4.78 is 2.64. The molecule has 3 aromatic rings. The summed E-state index contributed by atoms with van der Waals surface area (Å²) in [6, 6.07) is 14.0. The van der Waals surface area contributed by atoms with Crippen LogP contribution in [0.15, 0.2) is 53.3 Å². The van der Waals surface area contributed by atoms with Gasteiger partial charge in [-0.2, -0.15) is 5.10 Å². The minimum Gasteiger partial charge on any atom is -0.345 e. The Bertz CT molecular complexity index is 968. The molecule has 4 rings (SSSR count). The minimum atomic E-state index is -0.108. The topological polar surface area (TPSA) is 59.8 Å². The third kappa shape index (κ3) is 3.81. The minimum absolute atomic E-state index is 0.0148.